The van der Waals surface area contributed by atoms with Crippen LogP contribution in [0.15, 0.2) is 11.4 Å². The van der Waals surface area contributed by atoms with Crippen LogP contribution in [0.3, 0.4) is 0 Å². The van der Waals surface area contributed by atoms with E-state index in [0.29, 0.717) is 25.9 Å². The average molecular weight is 469 g/mol. The smallest absolute Gasteiger partial charge is 0.417 e. The third-order valence-corrected chi connectivity index (χ3v) is 6.12. The summed E-state index contributed by atoms with van der Waals surface area (Å²) in [5.41, 5.74) is -0.701. The van der Waals surface area contributed by atoms with E-state index in [1.54, 1.807) is 11.8 Å². The second-order valence-electron chi connectivity index (χ2n) is 7.42. The Morgan fingerprint density at radius 1 is 1.41 bits per heavy atom. The lowest BCUT2D eigenvalue weighted by Crippen LogP contribution is -2.45. The van der Waals surface area contributed by atoms with Crippen molar-refractivity contribution < 1.29 is 27.5 Å². The minimum absolute atomic E-state index is 0.0227. The van der Waals surface area contributed by atoms with Crippen LogP contribution in [0.1, 0.15) is 42.1 Å². The molecule has 1 aliphatic heterocycles. The molecule has 1 atom stereocenters. The van der Waals surface area contributed by atoms with Crippen molar-refractivity contribution in [1.82, 2.24) is 15.6 Å². The van der Waals surface area contributed by atoms with E-state index in [2.05, 4.69) is 15.6 Å². The molecule has 3 heterocycles. The average Bonchev–Trinajstić information content (AvgIpc) is 3.16. The number of amides is 2. The Morgan fingerprint density at radius 2 is 2.09 bits per heavy atom. The highest BCUT2D eigenvalue weighted by Crippen LogP contribution is 2.40. The number of hydrogen-bond donors (Lipinski definition) is 2. The molecule has 0 saturated carbocycles. The molecule has 1 unspecified atom stereocenters. The predicted octanol–water partition coefficient (Wildman–Crippen LogP) is 3.67. The summed E-state index contributed by atoms with van der Waals surface area (Å²) < 4.78 is 46.1. The number of halogens is 3. The summed E-state index contributed by atoms with van der Waals surface area (Å²) in [5, 5.41) is 15.2. The number of hydrogen-bond acceptors (Lipinski definition) is 7. The van der Waals surface area contributed by atoms with Crippen LogP contribution >= 0.6 is 11.3 Å². The van der Waals surface area contributed by atoms with Crippen LogP contribution in [0.2, 0.25) is 0 Å². The molecule has 0 bridgehead atoms. The van der Waals surface area contributed by atoms with Gasteiger partial charge in [-0.15, -0.1) is 11.3 Å². The summed E-state index contributed by atoms with van der Waals surface area (Å²) >= 11 is 0.839. The zero-order valence-corrected chi connectivity index (χ0v) is 18.3. The Bertz CT molecular complexity index is 1040. The standard InChI is InChI=1S/C20H22F3N5O3S/c1-11(3-6-24)31-19(30)26-12-4-7-28(8-5-12)15-9-14(20(21,22)23)17-16(27-15)13(10-32-17)18(29)25-2/h9-12H,3-5,7-8H2,1-2H3,(H,25,29)(H,26,30). The minimum Gasteiger partial charge on any atom is -0.445 e. The summed E-state index contributed by atoms with van der Waals surface area (Å²) in [5.74, 6) is -0.363. The van der Waals surface area contributed by atoms with Crippen molar-refractivity contribution in [3.63, 3.8) is 0 Å². The van der Waals surface area contributed by atoms with Crippen molar-refractivity contribution in [2.24, 2.45) is 0 Å². The van der Waals surface area contributed by atoms with Crippen LogP contribution in [0.5, 0.6) is 0 Å². The van der Waals surface area contributed by atoms with Gasteiger partial charge in [-0.2, -0.15) is 18.4 Å². The third kappa shape index (κ3) is 5.21. The van der Waals surface area contributed by atoms with Gasteiger partial charge in [0, 0.05) is 31.6 Å². The molecule has 0 aromatic carbocycles. The largest absolute Gasteiger partial charge is 0.445 e. The number of nitrogens with one attached hydrogen (secondary N) is 2. The second-order valence-corrected chi connectivity index (χ2v) is 8.30. The number of pyridine rings is 1. The summed E-state index contributed by atoms with van der Waals surface area (Å²) in [7, 11) is 1.41. The number of anilines is 1. The van der Waals surface area contributed by atoms with Crippen LogP contribution < -0.4 is 15.5 Å². The summed E-state index contributed by atoms with van der Waals surface area (Å²) in [6.07, 6.45) is -4.70. The van der Waals surface area contributed by atoms with Gasteiger partial charge in [-0.05, 0) is 25.8 Å². The summed E-state index contributed by atoms with van der Waals surface area (Å²) in [6, 6.07) is 2.72. The van der Waals surface area contributed by atoms with E-state index in [0.717, 1.165) is 17.4 Å². The molecule has 0 aliphatic carbocycles. The van der Waals surface area contributed by atoms with Gasteiger partial charge >= 0.3 is 12.3 Å². The number of alkyl carbamates (subject to hydrolysis) is 1. The molecule has 32 heavy (non-hydrogen) atoms. The van der Waals surface area contributed by atoms with Crippen LogP contribution in [0, 0.1) is 11.3 Å². The lowest BCUT2D eigenvalue weighted by atomic mass is 10.0. The van der Waals surface area contributed by atoms with Crippen molar-refractivity contribution in [3.05, 3.63) is 22.6 Å². The molecule has 8 nitrogen and oxygen atoms in total. The van der Waals surface area contributed by atoms with Gasteiger partial charge in [-0.1, -0.05) is 0 Å². The first-order chi connectivity index (χ1) is 15.1. The SMILES string of the molecule is CNC(=O)c1csc2c(C(F)(F)F)cc(N3CCC(NC(=O)OC(C)CC#N)CC3)nc12. The number of carbonyl (C=O) groups is 2. The quantitative estimate of drug-likeness (QED) is 0.692. The number of nitrogens with zero attached hydrogens (tertiary/aromatic N) is 3. The molecule has 1 aliphatic rings. The Hall–Kier alpha value is -3.07. The molecular weight excluding hydrogens is 447 g/mol. The predicted molar refractivity (Wildman–Crippen MR) is 113 cm³/mol. The first-order valence-electron chi connectivity index (χ1n) is 9.94. The van der Waals surface area contributed by atoms with E-state index in [-0.39, 0.29) is 34.1 Å². The zero-order valence-electron chi connectivity index (χ0n) is 17.5. The number of fused-ring (bicyclic) bond motifs is 1. The van der Waals surface area contributed by atoms with Gasteiger partial charge in [-0.3, -0.25) is 4.79 Å². The lowest BCUT2D eigenvalue weighted by molar-refractivity contribution is -0.136. The highest BCUT2D eigenvalue weighted by Gasteiger charge is 2.36. The van der Waals surface area contributed by atoms with Crippen molar-refractivity contribution in [1.29, 1.82) is 5.26 Å². The maximum absolute atomic E-state index is 13.7. The number of carbonyl (C=O) groups excluding carboxylic acids is 2. The van der Waals surface area contributed by atoms with Crippen LogP contribution in [0.4, 0.5) is 23.8 Å². The summed E-state index contributed by atoms with van der Waals surface area (Å²) in [4.78, 5) is 30.1. The molecule has 2 aromatic rings. The minimum atomic E-state index is -4.59. The highest BCUT2D eigenvalue weighted by atomic mass is 32.1. The maximum Gasteiger partial charge on any atom is 0.417 e. The van der Waals surface area contributed by atoms with Crippen molar-refractivity contribution in [2.75, 3.05) is 25.0 Å². The topological polar surface area (TPSA) is 107 Å². The fourth-order valence-electron chi connectivity index (χ4n) is 3.47. The van der Waals surface area contributed by atoms with E-state index in [9.17, 15) is 22.8 Å². The lowest BCUT2D eigenvalue weighted by Gasteiger charge is -2.33. The molecule has 0 radical (unpaired) electrons. The van der Waals surface area contributed by atoms with Gasteiger partial charge in [0.2, 0.25) is 0 Å². The van der Waals surface area contributed by atoms with Crippen molar-refractivity contribution in [3.8, 4) is 6.07 Å². The monoisotopic (exact) mass is 469 g/mol. The summed E-state index contributed by atoms with van der Waals surface area (Å²) in [6.45, 7) is 2.35. The van der Waals surface area contributed by atoms with Crippen LogP contribution in [-0.2, 0) is 10.9 Å². The molecule has 172 valence electrons. The fraction of sp³-hybridized carbons (Fsp3) is 0.500. The molecule has 3 rings (SSSR count). The van der Waals surface area contributed by atoms with Crippen LogP contribution in [-0.4, -0.2) is 49.3 Å². The van der Waals surface area contributed by atoms with E-state index in [1.165, 1.54) is 12.4 Å². The molecule has 2 aromatic heterocycles. The van der Waals surface area contributed by atoms with E-state index in [1.807, 2.05) is 6.07 Å². The maximum atomic E-state index is 13.7. The number of ether oxygens (including phenoxy) is 1. The van der Waals surface area contributed by atoms with Gasteiger partial charge in [0.15, 0.2) is 0 Å². The van der Waals surface area contributed by atoms with Gasteiger partial charge in [-0.25, -0.2) is 9.78 Å². The van der Waals surface area contributed by atoms with E-state index >= 15 is 0 Å². The zero-order chi connectivity index (χ0) is 23.5. The van der Waals surface area contributed by atoms with Gasteiger partial charge in [0.25, 0.3) is 5.91 Å². The molecule has 2 amide bonds. The van der Waals surface area contributed by atoms with Gasteiger partial charge in [0.05, 0.1) is 33.8 Å². The van der Waals surface area contributed by atoms with E-state index < -0.39 is 29.8 Å². The van der Waals surface area contributed by atoms with Crippen molar-refractivity contribution >= 4 is 39.4 Å². The molecule has 1 saturated heterocycles. The van der Waals surface area contributed by atoms with Gasteiger partial charge in [0.1, 0.15) is 11.9 Å². The molecule has 0 spiro atoms. The highest BCUT2D eigenvalue weighted by molar-refractivity contribution is 7.17. The first kappa shape index (κ1) is 23.6. The van der Waals surface area contributed by atoms with Gasteiger partial charge < -0.3 is 20.3 Å². The second kappa shape index (κ2) is 9.60. The third-order valence-electron chi connectivity index (χ3n) is 5.11. The normalized spacial score (nSPS) is 15.8. The number of piperidine rings is 1. The Morgan fingerprint density at radius 3 is 2.69 bits per heavy atom. The number of rotatable bonds is 5. The molecule has 1 fully saturated rings. The molecule has 2 N–H and O–H groups in total. The Balaban J connectivity index is 1.77. The number of alkyl halides is 3. The molecule has 12 heteroatoms. The first-order valence-corrected chi connectivity index (χ1v) is 10.8. The Kier molecular flexibility index (Phi) is 7.08. The van der Waals surface area contributed by atoms with E-state index in [4.69, 9.17) is 10.00 Å². The number of thiophene rings is 1. The van der Waals surface area contributed by atoms with Crippen LogP contribution in [0.25, 0.3) is 10.2 Å². The molecular formula is C20H22F3N5O3S. The fourth-order valence-corrected chi connectivity index (χ4v) is 4.49. The van der Waals surface area contributed by atoms with Crippen molar-refractivity contribution in [2.45, 2.75) is 44.5 Å². The number of aromatic nitrogens is 1. The Labute approximate surface area is 186 Å². The number of nitriles is 1.